The Bertz CT molecular complexity index is 725. The van der Waals surface area contributed by atoms with Gasteiger partial charge in [-0.3, -0.25) is 4.79 Å². The molecule has 1 amide bonds. The summed E-state index contributed by atoms with van der Waals surface area (Å²) in [5.74, 6) is 7.30. The highest BCUT2D eigenvalue weighted by Gasteiger charge is 2.16. The maximum absolute atomic E-state index is 12.1. The van der Waals surface area contributed by atoms with E-state index >= 15 is 0 Å². The summed E-state index contributed by atoms with van der Waals surface area (Å²) in [7, 11) is 0. The molecule has 26 heavy (non-hydrogen) atoms. The molecule has 0 aliphatic heterocycles. The number of aryl methyl sites for hydroxylation is 2. The minimum absolute atomic E-state index is 0.0133. The zero-order valence-corrected chi connectivity index (χ0v) is 16.8. The van der Waals surface area contributed by atoms with Crippen LogP contribution in [-0.2, 0) is 4.79 Å². The molecule has 0 bridgehead atoms. The van der Waals surface area contributed by atoms with Crippen LogP contribution in [0.3, 0.4) is 0 Å². The quantitative estimate of drug-likeness (QED) is 0.484. The number of hydrogen-bond acceptors (Lipinski definition) is 6. The number of amides is 1. The van der Waals surface area contributed by atoms with Crippen LogP contribution in [0.4, 0.5) is 0 Å². The van der Waals surface area contributed by atoms with Crippen LogP contribution in [-0.4, -0.2) is 42.9 Å². The van der Waals surface area contributed by atoms with Crippen LogP contribution in [0.25, 0.3) is 5.95 Å². The summed E-state index contributed by atoms with van der Waals surface area (Å²) in [4.78, 5) is 12.1. The lowest BCUT2D eigenvalue weighted by molar-refractivity contribution is -0.118. The van der Waals surface area contributed by atoms with Gasteiger partial charge in [-0.15, -0.1) is 10.2 Å². The summed E-state index contributed by atoms with van der Waals surface area (Å²) in [6.45, 7) is 8.91. The molecule has 2 heterocycles. The lowest BCUT2D eigenvalue weighted by atomic mass is 9.99. The number of rotatable bonds is 10. The molecule has 144 valence electrons. The number of nitrogens with two attached hydrogens (primary N) is 1. The molecule has 0 aliphatic rings. The lowest BCUT2D eigenvalue weighted by Crippen LogP contribution is -2.30. The van der Waals surface area contributed by atoms with Gasteiger partial charge < -0.3 is 11.2 Å². The number of carbonyl (C=O) groups excluding carboxylic acids is 1. The van der Waals surface area contributed by atoms with E-state index < -0.39 is 0 Å². The van der Waals surface area contributed by atoms with Crippen LogP contribution in [0.1, 0.15) is 50.9 Å². The molecule has 0 aromatic carbocycles. The largest absolute Gasteiger partial charge is 0.355 e. The van der Waals surface area contributed by atoms with Gasteiger partial charge in [0, 0.05) is 12.2 Å². The molecule has 0 aliphatic carbocycles. The minimum Gasteiger partial charge on any atom is -0.355 e. The molecular weight excluding hydrogens is 350 g/mol. The van der Waals surface area contributed by atoms with Crippen LogP contribution >= 0.6 is 11.8 Å². The Kier molecular flexibility index (Phi) is 7.50. The Labute approximate surface area is 158 Å². The number of unbranched alkanes of at least 4 members (excludes halogenated alkanes) is 1. The average Bonchev–Trinajstić information content (AvgIpc) is 3.14. The zero-order valence-electron chi connectivity index (χ0n) is 16.0. The first-order valence-corrected chi connectivity index (χ1v) is 10.1. The van der Waals surface area contributed by atoms with E-state index in [4.69, 9.17) is 5.84 Å². The number of aromatic nitrogens is 5. The Hall–Kier alpha value is -2.03. The second-order valence-electron chi connectivity index (χ2n) is 6.50. The van der Waals surface area contributed by atoms with Gasteiger partial charge in [0.15, 0.2) is 0 Å². The van der Waals surface area contributed by atoms with Gasteiger partial charge in [0.1, 0.15) is 0 Å². The van der Waals surface area contributed by atoms with Crippen molar-refractivity contribution in [1.82, 2.24) is 30.0 Å². The molecular formula is C17H29N7OS. The molecule has 2 aromatic rings. The van der Waals surface area contributed by atoms with Crippen molar-refractivity contribution in [2.24, 2.45) is 5.92 Å². The first kappa shape index (κ1) is 20.3. The fourth-order valence-corrected chi connectivity index (χ4v) is 3.41. The Morgan fingerprint density at radius 2 is 2.12 bits per heavy atom. The van der Waals surface area contributed by atoms with Gasteiger partial charge in [0.25, 0.3) is 5.95 Å². The molecule has 0 spiro atoms. The molecule has 0 unspecified atom stereocenters. The van der Waals surface area contributed by atoms with Crippen molar-refractivity contribution in [3.05, 3.63) is 17.5 Å². The van der Waals surface area contributed by atoms with Crippen molar-refractivity contribution in [3.63, 3.8) is 0 Å². The van der Waals surface area contributed by atoms with E-state index in [2.05, 4.69) is 34.5 Å². The van der Waals surface area contributed by atoms with Gasteiger partial charge in [0.05, 0.1) is 11.4 Å². The van der Waals surface area contributed by atoms with Crippen molar-refractivity contribution in [3.8, 4) is 5.95 Å². The van der Waals surface area contributed by atoms with Crippen LogP contribution < -0.4 is 11.2 Å². The zero-order chi connectivity index (χ0) is 19.1. The van der Waals surface area contributed by atoms with Crippen molar-refractivity contribution in [1.29, 1.82) is 0 Å². The second kappa shape index (κ2) is 9.61. The summed E-state index contributed by atoms with van der Waals surface area (Å²) in [6, 6.07) is 1.94. The normalized spacial score (nSPS) is 12.3. The molecule has 3 N–H and O–H groups in total. The molecule has 0 radical (unpaired) electrons. The van der Waals surface area contributed by atoms with E-state index in [-0.39, 0.29) is 11.7 Å². The topological polar surface area (TPSA) is 104 Å². The van der Waals surface area contributed by atoms with E-state index in [1.807, 2.05) is 19.9 Å². The maximum atomic E-state index is 12.1. The molecule has 0 saturated heterocycles. The highest BCUT2D eigenvalue weighted by Crippen LogP contribution is 2.17. The van der Waals surface area contributed by atoms with Crippen molar-refractivity contribution in [2.45, 2.75) is 58.5 Å². The number of nitrogens with zero attached hydrogens (tertiary/aromatic N) is 5. The van der Waals surface area contributed by atoms with E-state index in [9.17, 15) is 4.79 Å². The molecule has 2 rings (SSSR count). The van der Waals surface area contributed by atoms with Crippen molar-refractivity contribution in [2.75, 3.05) is 18.1 Å². The van der Waals surface area contributed by atoms with Crippen LogP contribution in [0, 0.1) is 19.8 Å². The van der Waals surface area contributed by atoms with Crippen molar-refractivity contribution >= 4 is 17.7 Å². The van der Waals surface area contributed by atoms with Crippen LogP contribution in [0.15, 0.2) is 11.2 Å². The Morgan fingerprint density at radius 1 is 1.35 bits per heavy atom. The maximum Gasteiger partial charge on any atom is 0.271 e. The van der Waals surface area contributed by atoms with E-state index in [0.29, 0.717) is 17.0 Å². The fraction of sp³-hybridized carbons (Fsp3) is 0.647. The smallest absolute Gasteiger partial charge is 0.271 e. The first-order chi connectivity index (χ1) is 12.5. The van der Waals surface area contributed by atoms with Gasteiger partial charge in [-0.05, 0) is 32.3 Å². The molecule has 0 saturated carbocycles. The summed E-state index contributed by atoms with van der Waals surface area (Å²) in [6.07, 6.45) is 4.62. The predicted octanol–water partition coefficient (Wildman–Crippen LogP) is 2.22. The molecule has 2 aromatic heterocycles. The van der Waals surface area contributed by atoms with E-state index in [1.165, 1.54) is 29.3 Å². The number of hydrogen-bond donors (Lipinski definition) is 2. The second-order valence-corrected chi connectivity index (χ2v) is 7.44. The van der Waals surface area contributed by atoms with E-state index in [1.54, 1.807) is 4.68 Å². The van der Waals surface area contributed by atoms with Crippen LogP contribution in [0.5, 0.6) is 0 Å². The van der Waals surface area contributed by atoms with Crippen molar-refractivity contribution < 1.29 is 4.79 Å². The molecule has 9 heteroatoms. The SMILES string of the molecule is CCCC[C@@H](CC)CNC(=O)CSc1nnc(-n2nc(C)cc2C)n1N. The number of thioether (sulfide) groups is 1. The van der Waals surface area contributed by atoms with Gasteiger partial charge in [-0.1, -0.05) is 44.9 Å². The first-order valence-electron chi connectivity index (χ1n) is 9.09. The average molecular weight is 380 g/mol. The number of carbonyl (C=O) groups is 1. The fourth-order valence-electron chi connectivity index (χ4n) is 2.73. The van der Waals surface area contributed by atoms with Crippen LogP contribution in [0.2, 0.25) is 0 Å². The van der Waals surface area contributed by atoms with Gasteiger partial charge >= 0.3 is 0 Å². The Balaban J connectivity index is 1.88. The Morgan fingerprint density at radius 3 is 2.73 bits per heavy atom. The minimum atomic E-state index is -0.0133. The molecule has 8 nitrogen and oxygen atoms in total. The summed E-state index contributed by atoms with van der Waals surface area (Å²) in [5, 5.41) is 16.0. The van der Waals surface area contributed by atoms with Gasteiger partial charge in [-0.25, -0.2) is 9.36 Å². The van der Waals surface area contributed by atoms with Gasteiger partial charge in [-0.2, -0.15) is 5.10 Å². The summed E-state index contributed by atoms with van der Waals surface area (Å²) in [5.41, 5.74) is 1.81. The third-order valence-corrected chi connectivity index (χ3v) is 5.25. The van der Waals surface area contributed by atoms with Gasteiger partial charge in [0.2, 0.25) is 11.1 Å². The standard InChI is InChI=1S/C17H29N7OS/c1-5-7-8-14(6-2)10-19-15(25)11-26-17-21-20-16(23(17)18)24-13(4)9-12(3)22-24/h9,14H,5-8,10-11,18H2,1-4H3,(H,19,25)/t14-/m1/s1. The summed E-state index contributed by atoms with van der Waals surface area (Å²) < 4.78 is 3.01. The monoisotopic (exact) mass is 379 g/mol. The number of nitrogens with one attached hydrogen (secondary N) is 1. The summed E-state index contributed by atoms with van der Waals surface area (Å²) >= 11 is 1.27. The highest BCUT2D eigenvalue weighted by atomic mass is 32.2. The lowest BCUT2D eigenvalue weighted by Gasteiger charge is -2.15. The predicted molar refractivity (Wildman–Crippen MR) is 104 cm³/mol. The third-order valence-electron chi connectivity index (χ3n) is 4.31. The molecule has 1 atom stereocenters. The highest BCUT2D eigenvalue weighted by molar-refractivity contribution is 7.99. The van der Waals surface area contributed by atoms with E-state index in [0.717, 1.165) is 30.8 Å². The molecule has 0 fully saturated rings. The number of nitrogen functional groups attached to an aromatic ring is 1. The third kappa shape index (κ3) is 5.23.